The number of hydrogen-bond acceptors (Lipinski definition) is 4. The molecule has 2 N–H and O–H groups in total. The van der Waals surface area contributed by atoms with Gasteiger partial charge in [-0.25, -0.2) is 4.98 Å². The third kappa shape index (κ3) is 5.53. The molecule has 0 radical (unpaired) electrons. The van der Waals surface area contributed by atoms with Crippen molar-refractivity contribution in [2.75, 3.05) is 31.2 Å². The number of nitrogens with one attached hydrogen (secondary N) is 1. The Bertz CT molecular complexity index is 278. The maximum atomic E-state index is 8.60. The van der Waals surface area contributed by atoms with Gasteiger partial charge >= 0.3 is 0 Å². The van der Waals surface area contributed by atoms with Crippen LogP contribution in [0.2, 0.25) is 0 Å². The van der Waals surface area contributed by atoms with Crippen LogP contribution in [-0.4, -0.2) is 45.9 Å². The van der Waals surface area contributed by atoms with Crippen molar-refractivity contribution in [1.82, 2.24) is 14.9 Å². The van der Waals surface area contributed by atoms with Gasteiger partial charge in [0, 0.05) is 44.4 Å². The summed E-state index contributed by atoms with van der Waals surface area (Å²) in [7, 11) is 0. The maximum Gasteiger partial charge on any atom is 0.105 e. The van der Waals surface area contributed by atoms with Gasteiger partial charge < -0.3 is 15.0 Å². The van der Waals surface area contributed by atoms with Crippen molar-refractivity contribution in [2.45, 2.75) is 19.9 Å². The lowest BCUT2D eigenvalue weighted by molar-refractivity contribution is 0.296. The van der Waals surface area contributed by atoms with Crippen molar-refractivity contribution in [2.24, 2.45) is 0 Å². The van der Waals surface area contributed by atoms with Crippen LogP contribution in [0, 0.1) is 6.92 Å². The number of thioether (sulfide) groups is 1. The zero-order chi connectivity index (χ0) is 11.6. The lowest BCUT2D eigenvalue weighted by atomic mass is 10.5. The van der Waals surface area contributed by atoms with Gasteiger partial charge in [0.1, 0.15) is 5.82 Å². The van der Waals surface area contributed by atoms with Crippen molar-refractivity contribution < 1.29 is 5.11 Å². The Morgan fingerprint density at radius 2 is 2.31 bits per heavy atom. The van der Waals surface area contributed by atoms with E-state index in [1.165, 1.54) is 0 Å². The van der Waals surface area contributed by atoms with E-state index in [2.05, 4.69) is 14.9 Å². The number of aliphatic hydroxyl groups is 1. The Morgan fingerprint density at radius 1 is 1.44 bits per heavy atom. The zero-order valence-corrected chi connectivity index (χ0v) is 10.7. The molecular formula is C11H21N3OS. The van der Waals surface area contributed by atoms with Gasteiger partial charge in [-0.1, -0.05) is 0 Å². The number of aliphatic hydroxyl groups excluding tert-OH is 1. The van der Waals surface area contributed by atoms with Crippen LogP contribution in [0.4, 0.5) is 0 Å². The fourth-order valence-corrected chi connectivity index (χ4v) is 2.20. The first-order chi connectivity index (χ1) is 7.84. The first kappa shape index (κ1) is 13.5. The fourth-order valence-electron chi connectivity index (χ4n) is 1.38. The smallest absolute Gasteiger partial charge is 0.105 e. The van der Waals surface area contributed by atoms with Crippen molar-refractivity contribution >= 4 is 11.8 Å². The highest BCUT2D eigenvalue weighted by molar-refractivity contribution is 7.99. The van der Waals surface area contributed by atoms with Crippen LogP contribution in [-0.2, 0) is 6.54 Å². The fraction of sp³-hybridized carbons (Fsp3) is 0.727. The minimum absolute atomic E-state index is 0.306. The normalized spacial score (nSPS) is 10.9. The van der Waals surface area contributed by atoms with Crippen molar-refractivity contribution in [3.63, 3.8) is 0 Å². The van der Waals surface area contributed by atoms with E-state index in [4.69, 9.17) is 5.11 Å². The Labute approximate surface area is 101 Å². The molecule has 0 aliphatic carbocycles. The molecule has 1 rings (SSSR count). The second-order valence-electron chi connectivity index (χ2n) is 3.61. The predicted octanol–water partition coefficient (Wildman–Crippen LogP) is 0.897. The van der Waals surface area contributed by atoms with Gasteiger partial charge in [0.25, 0.3) is 0 Å². The molecule has 0 aliphatic rings. The number of rotatable bonds is 9. The molecule has 4 nitrogen and oxygen atoms in total. The zero-order valence-electron chi connectivity index (χ0n) is 9.85. The number of hydrogen-bond donors (Lipinski definition) is 2. The van der Waals surface area contributed by atoms with Gasteiger partial charge in [0.2, 0.25) is 0 Å². The van der Waals surface area contributed by atoms with E-state index in [0.29, 0.717) is 6.61 Å². The summed E-state index contributed by atoms with van der Waals surface area (Å²) in [5.41, 5.74) is 0. The van der Waals surface area contributed by atoms with Gasteiger partial charge in [0.15, 0.2) is 0 Å². The van der Waals surface area contributed by atoms with E-state index < -0.39 is 0 Å². The Kier molecular flexibility index (Phi) is 7.29. The van der Waals surface area contributed by atoms with Crippen LogP contribution in [0.5, 0.6) is 0 Å². The maximum absolute atomic E-state index is 8.60. The summed E-state index contributed by atoms with van der Waals surface area (Å²) < 4.78 is 2.14. The third-order valence-corrected chi connectivity index (χ3v) is 3.39. The van der Waals surface area contributed by atoms with Crippen LogP contribution < -0.4 is 5.32 Å². The van der Waals surface area contributed by atoms with Crippen molar-refractivity contribution in [3.8, 4) is 0 Å². The monoisotopic (exact) mass is 243 g/mol. The lowest BCUT2D eigenvalue weighted by Gasteiger charge is -2.06. The topological polar surface area (TPSA) is 50.1 Å². The standard InChI is InChI=1S/C11H21N3OS/c1-11-13-4-7-14(11)6-3-12-5-10-16-9-2-8-15/h4,7,12,15H,2-3,5-6,8-10H2,1H3. The van der Waals surface area contributed by atoms with Crippen LogP contribution in [0.15, 0.2) is 12.4 Å². The summed E-state index contributed by atoms with van der Waals surface area (Å²) >= 11 is 1.89. The molecule has 1 aromatic heterocycles. The highest BCUT2D eigenvalue weighted by Crippen LogP contribution is 2.00. The van der Waals surface area contributed by atoms with Crippen LogP contribution in [0.25, 0.3) is 0 Å². The average molecular weight is 243 g/mol. The summed E-state index contributed by atoms with van der Waals surface area (Å²) in [5.74, 6) is 3.24. The summed E-state index contributed by atoms with van der Waals surface area (Å²) in [6, 6.07) is 0. The Hall–Kier alpha value is -0.520. The lowest BCUT2D eigenvalue weighted by Crippen LogP contribution is -2.22. The second kappa shape index (κ2) is 8.61. The predicted molar refractivity (Wildman–Crippen MR) is 68.9 cm³/mol. The van der Waals surface area contributed by atoms with Gasteiger partial charge in [-0.15, -0.1) is 0 Å². The van der Waals surface area contributed by atoms with E-state index >= 15 is 0 Å². The number of nitrogens with zero attached hydrogens (tertiary/aromatic N) is 2. The Balaban J connectivity index is 1.91. The molecule has 1 aromatic rings. The molecule has 0 bridgehead atoms. The molecule has 0 saturated heterocycles. The number of imidazole rings is 1. The minimum atomic E-state index is 0.306. The van der Waals surface area contributed by atoms with E-state index in [0.717, 1.165) is 43.4 Å². The SMILES string of the molecule is Cc1nccn1CCNCCSCCCO. The summed E-state index contributed by atoms with van der Waals surface area (Å²) in [5, 5.41) is 12.0. The average Bonchev–Trinajstić information content (AvgIpc) is 2.68. The molecule has 0 spiro atoms. The quantitative estimate of drug-likeness (QED) is 0.633. The molecule has 0 atom stereocenters. The highest BCUT2D eigenvalue weighted by Gasteiger charge is 1.95. The van der Waals surface area contributed by atoms with E-state index in [1.807, 2.05) is 31.1 Å². The molecular weight excluding hydrogens is 222 g/mol. The first-order valence-corrected chi connectivity index (χ1v) is 6.87. The number of aryl methyl sites for hydroxylation is 1. The van der Waals surface area contributed by atoms with Crippen LogP contribution >= 0.6 is 11.8 Å². The summed E-state index contributed by atoms with van der Waals surface area (Å²) in [4.78, 5) is 4.17. The van der Waals surface area contributed by atoms with Crippen LogP contribution in [0.3, 0.4) is 0 Å². The molecule has 0 aromatic carbocycles. The molecule has 1 heterocycles. The van der Waals surface area contributed by atoms with Crippen molar-refractivity contribution in [3.05, 3.63) is 18.2 Å². The van der Waals surface area contributed by atoms with E-state index in [1.54, 1.807) is 0 Å². The molecule has 5 heteroatoms. The molecule has 0 saturated carbocycles. The van der Waals surface area contributed by atoms with Gasteiger partial charge in [-0.05, 0) is 19.1 Å². The molecule has 0 amide bonds. The molecule has 16 heavy (non-hydrogen) atoms. The third-order valence-electron chi connectivity index (χ3n) is 2.32. The summed E-state index contributed by atoms with van der Waals surface area (Å²) in [6.45, 7) is 5.32. The summed E-state index contributed by atoms with van der Waals surface area (Å²) in [6.07, 6.45) is 4.74. The molecule has 92 valence electrons. The van der Waals surface area contributed by atoms with Gasteiger partial charge in [-0.3, -0.25) is 0 Å². The van der Waals surface area contributed by atoms with E-state index in [9.17, 15) is 0 Å². The van der Waals surface area contributed by atoms with E-state index in [-0.39, 0.29) is 0 Å². The van der Waals surface area contributed by atoms with Gasteiger partial charge in [-0.2, -0.15) is 11.8 Å². The molecule has 0 fully saturated rings. The molecule has 0 aliphatic heterocycles. The highest BCUT2D eigenvalue weighted by atomic mass is 32.2. The number of aromatic nitrogens is 2. The largest absolute Gasteiger partial charge is 0.396 e. The first-order valence-electron chi connectivity index (χ1n) is 5.71. The molecule has 0 unspecified atom stereocenters. The Morgan fingerprint density at radius 3 is 3.00 bits per heavy atom. The van der Waals surface area contributed by atoms with Crippen molar-refractivity contribution in [1.29, 1.82) is 0 Å². The van der Waals surface area contributed by atoms with Crippen LogP contribution in [0.1, 0.15) is 12.2 Å². The van der Waals surface area contributed by atoms with Gasteiger partial charge in [0.05, 0.1) is 0 Å². The second-order valence-corrected chi connectivity index (χ2v) is 4.83. The minimum Gasteiger partial charge on any atom is -0.396 e.